The second-order valence-electron chi connectivity index (χ2n) is 9.32. The molecule has 3 aromatic carbocycles. The number of nitrogens with zero attached hydrogens (tertiary/aromatic N) is 3. The van der Waals surface area contributed by atoms with Gasteiger partial charge in [-0.05, 0) is 41.8 Å². The number of para-hydroxylation sites is 2. The van der Waals surface area contributed by atoms with E-state index in [0.29, 0.717) is 21.1 Å². The molecular weight excluding hydrogens is 531 g/mol. The fourth-order valence-corrected chi connectivity index (χ4v) is 6.95. The monoisotopic (exact) mass is 556 g/mol. The molecule has 1 N–H and O–H groups in total. The van der Waals surface area contributed by atoms with Gasteiger partial charge in [-0.3, -0.25) is 19.1 Å². The molecule has 0 aliphatic carbocycles. The summed E-state index contributed by atoms with van der Waals surface area (Å²) in [5.74, 6) is -0.891. The highest BCUT2D eigenvalue weighted by molar-refractivity contribution is 7.99. The molecule has 0 spiro atoms. The van der Waals surface area contributed by atoms with E-state index in [1.54, 1.807) is 28.0 Å². The van der Waals surface area contributed by atoms with Gasteiger partial charge in [-0.1, -0.05) is 72.4 Å². The fourth-order valence-electron chi connectivity index (χ4n) is 4.83. The normalized spacial score (nSPS) is 13.4. The first-order chi connectivity index (χ1) is 19.1. The first kappa shape index (κ1) is 25.5. The maximum atomic E-state index is 14.0. The molecule has 1 amide bonds. The lowest BCUT2D eigenvalue weighted by atomic mass is 10.0. The van der Waals surface area contributed by atoms with E-state index in [9.17, 15) is 14.0 Å². The number of thiophene rings is 1. The van der Waals surface area contributed by atoms with Gasteiger partial charge in [-0.25, -0.2) is 9.37 Å². The molecule has 0 saturated heterocycles. The third-order valence-corrected chi connectivity index (χ3v) is 8.72. The number of thioether (sulfide) groups is 1. The Hall–Kier alpha value is -3.79. The number of carbonyl (C=O) groups excluding carboxylic acids is 1. The summed E-state index contributed by atoms with van der Waals surface area (Å²) >= 11 is 2.72. The van der Waals surface area contributed by atoms with Crippen molar-refractivity contribution in [3.05, 3.63) is 117 Å². The molecule has 0 saturated carbocycles. The number of aromatic nitrogens is 2. The van der Waals surface area contributed by atoms with Gasteiger partial charge < -0.3 is 5.32 Å². The van der Waals surface area contributed by atoms with Gasteiger partial charge in [0, 0.05) is 24.5 Å². The Balaban J connectivity index is 1.32. The summed E-state index contributed by atoms with van der Waals surface area (Å²) in [5.41, 5.74) is 3.03. The molecule has 0 unspecified atom stereocenters. The molecular formula is C30H25FN4O2S2. The molecule has 1 aliphatic rings. The van der Waals surface area contributed by atoms with Crippen molar-refractivity contribution in [1.82, 2.24) is 14.5 Å². The van der Waals surface area contributed by atoms with Crippen LogP contribution in [0.4, 0.5) is 10.1 Å². The minimum Gasteiger partial charge on any atom is -0.323 e. The molecule has 2 aromatic heterocycles. The van der Waals surface area contributed by atoms with E-state index >= 15 is 0 Å². The number of hydrogen-bond acceptors (Lipinski definition) is 6. The average molecular weight is 557 g/mol. The predicted octanol–water partition coefficient (Wildman–Crippen LogP) is 5.88. The minimum atomic E-state index is -0.498. The Bertz CT molecular complexity index is 1700. The summed E-state index contributed by atoms with van der Waals surface area (Å²) in [6.45, 7) is 2.49. The number of hydrogen-bond donors (Lipinski definition) is 1. The Morgan fingerprint density at radius 2 is 1.72 bits per heavy atom. The molecule has 0 radical (unpaired) electrons. The maximum absolute atomic E-state index is 14.0. The zero-order chi connectivity index (χ0) is 26.8. The quantitative estimate of drug-likeness (QED) is 0.201. The second-order valence-corrected chi connectivity index (χ2v) is 11.3. The molecule has 0 atom stereocenters. The van der Waals surface area contributed by atoms with E-state index in [2.05, 4.69) is 34.5 Å². The molecule has 196 valence electrons. The smallest absolute Gasteiger partial charge is 0.267 e. The van der Waals surface area contributed by atoms with Gasteiger partial charge in [0.15, 0.2) is 5.16 Å². The summed E-state index contributed by atoms with van der Waals surface area (Å²) in [7, 11) is 0. The maximum Gasteiger partial charge on any atom is 0.267 e. The van der Waals surface area contributed by atoms with Crippen LogP contribution >= 0.6 is 23.1 Å². The van der Waals surface area contributed by atoms with Crippen LogP contribution < -0.4 is 10.9 Å². The zero-order valence-corrected chi connectivity index (χ0v) is 22.6. The highest BCUT2D eigenvalue weighted by atomic mass is 32.2. The summed E-state index contributed by atoms with van der Waals surface area (Å²) < 4.78 is 15.6. The van der Waals surface area contributed by atoms with Gasteiger partial charge in [0.25, 0.3) is 5.56 Å². The van der Waals surface area contributed by atoms with Crippen molar-refractivity contribution in [2.45, 2.75) is 24.7 Å². The Morgan fingerprint density at radius 1 is 1.00 bits per heavy atom. The van der Waals surface area contributed by atoms with Crippen molar-refractivity contribution in [2.24, 2.45) is 0 Å². The molecule has 0 fully saturated rings. The van der Waals surface area contributed by atoms with Gasteiger partial charge in [0.05, 0.1) is 22.5 Å². The van der Waals surface area contributed by atoms with Crippen LogP contribution in [0.3, 0.4) is 0 Å². The molecule has 6 rings (SSSR count). The van der Waals surface area contributed by atoms with Gasteiger partial charge in [-0.15, -0.1) is 11.3 Å². The van der Waals surface area contributed by atoms with Crippen LogP contribution in [-0.2, 0) is 24.3 Å². The molecule has 5 aromatic rings. The van der Waals surface area contributed by atoms with Crippen molar-refractivity contribution in [1.29, 1.82) is 0 Å². The van der Waals surface area contributed by atoms with Crippen LogP contribution in [0.1, 0.15) is 16.0 Å². The number of carbonyl (C=O) groups is 1. The number of anilines is 1. The molecule has 1 aliphatic heterocycles. The van der Waals surface area contributed by atoms with Crippen molar-refractivity contribution in [2.75, 3.05) is 17.6 Å². The Labute approximate surface area is 233 Å². The zero-order valence-electron chi connectivity index (χ0n) is 21.0. The van der Waals surface area contributed by atoms with Crippen LogP contribution in [0.2, 0.25) is 0 Å². The number of nitrogens with one attached hydrogen (secondary N) is 1. The van der Waals surface area contributed by atoms with Crippen LogP contribution in [0.25, 0.3) is 15.9 Å². The fraction of sp³-hybridized carbons (Fsp3) is 0.167. The SMILES string of the molecule is O=C(CSc1nc2sc3c(c2c(=O)n1-c1ccccc1)CCN(Cc1ccccc1)C3)Nc1ccccc1F. The largest absolute Gasteiger partial charge is 0.323 e. The van der Waals surface area contributed by atoms with Crippen LogP contribution in [0.5, 0.6) is 0 Å². The number of amides is 1. The third kappa shape index (κ3) is 5.38. The Morgan fingerprint density at radius 3 is 2.49 bits per heavy atom. The first-order valence-electron chi connectivity index (χ1n) is 12.6. The van der Waals surface area contributed by atoms with Crippen LogP contribution in [0.15, 0.2) is 94.9 Å². The number of benzene rings is 3. The van der Waals surface area contributed by atoms with Crippen molar-refractivity contribution < 1.29 is 9.18 Å². The number of halogens is 1. The van der Waals surface area contributed by atoms with E-state index in [-0.39, 0.29) is 22.9 Å². The summed E-state index contributed by atoms with van der Waals surface area (Å²) in [5, 5.41) is 3.70. The lowest BCUT2D eigenvalue weighted by Crippen LogP contribution is -2.30. The highest BCUT2D eigenvalue weighted by Gasteiger charge is 2.26. The predicted molar refractivity (Wildman–Crippen MR) is 155 cm³/mol. The van der Waals surface area contributed by atoms with Gasteiger partial charge in [0.1, 0.15) is 10.6 Å². The van der Waals surface area contributed by atoms with E-state index in [0.717, 1.165) is 36.5 Å². The lowest BCUT2D eigenvalue weighted by molar-refractivity contribution is -0.113. The highest BCUT2D eigenvalue weighted by Crippen LogP contribution is 2.34. The van der Waals surface area contributed by atoms with Gasteiger partial charge in [-0.2, -0.15) is 0 Å². The van der Waals surface area contributed by atoms with Gasteiger partial charge in [0.2, 0.25) is 5.91 Å². The average Bonchev–Trinajstić information content (AvgIpc) is 3.32. The van der Waals surface area contributed by atoms with Crippen molar-refractivity contribution in [3.8, 4) is 5.69 Å². The number of rotatable bonds is 7. The molecule has 9 heteroatoms. The summed E-state index contributed by atoms with van der Waals surface area (Å²) in [4.78, 5) is 35.8. The standard InChI is InChI=1S/C30H25FN4O2S2/c31-23-13-7-8-14-24(23)32-26(36)19-38-30-33-28-27(29(37)35(30)21-11-5-2-6-12-21)22-15-16-34(18-25(22)39-28)17-20-9-3-1-4-10-20/h1-14H,15-19H2,(H,32,36). The third-order valence-electron chi connectivity index (χ3n) is 6.67. The van der Waals surface area contributed by atoms with E-state index < -0.39 is 5.82 Å². The molecule has 0 bridgehead atoms. The second kappa shape index (κ2) is 11.1. The van der Waals surface area contributed by atoms with Crippen LogP contribution in [-0.4, -0.2) is 32.7 Å². The molecule has 39 heavy (non-hydrogen) atoms. The van der Waals surface area contributed by atoms with E-state index in [1.165, 1.54) is 29.5 Å². The number of fused-ring (bicyclic) bond motifs is 3. The molecule has 3 heterocycles. The Kier molecular flexibility index (Phi) is 7.28. The summed E-state index contributed by atoms with van der Waals surface area (Å²) in [6.07, 6.45) is 0.783. The van der Waals surface area contributed by atoms with Gasteiger partial charge >= 0.3 is 0 Å². The van der Waals surface area contributed by atoms with Crippen LogP contribution in [0, 0.1) is 5.82 Å². The molecule has 6 nitrogen and oxygen atoms in total. The lowest BCUT2D eigenvalue weighted by Gasteiger charge is -2.26. The first-order valence-corrected chi connectivity index (χ1v) is 14.4. The van der Waals surface area contributed by atoms with Crippen molar-refractivity contribution >= 4 is 44.9 Å². The van der Waals surface area contributed by atoms with E-state index in [4.69, 9.17) is 4.98 Å². The minimum absolute atomic E-state index is 0.0188. The van der Waals surface area contributed by atoms with Crippen molar-refractivity contribution in [3.63, 3.8) is 0 Å². The summed E-state index contributed by atoms with van der Waals surface area (Å²) in [6, 6.07) is 25.8. The van der Waals surface area contributed by atoms with E-state index in [1.807, 2.05) is 36.4 Å². The topological polar surface area (TPSA) is 67.2 Å².